The van der Waals surface area contributed by atoms with Gasteiger partial charge in [-0.3, -0.25) is 9.10 Å². The molecular weight excluding hydrogens is 536 g/mol. The monoisotopic (exact) mass is 564 g/mol. The van der Waals surface area contributed by atoms with Crippen LogP contribution in [0, 0.1) is 0 Å². The summed E-state index contributed by atoms with van der Waals surface area (Å²) in [6.07, 6.45) is 1.12. The van der Waals surface area contributed by atoms with Crippen LogP contribution in [0.5, 0.6) is 11.5 Å². The summed E-state index contributed by atoms with van der Waals surface area (Å²) in [5.74, 6) is 0.619. The summed E-state index contributed by atoms with van der Waals surface area (Å²) in [6.45, 7) is 1.26. The summed E-state index contributed by atoms with van der Waals surface area (Å²) in [5.41, 5.74) is 0.968. The number of anilines is 1. The average molecular weight is 565 g/mol. The topological polar surface area (TPSA) is 110 Å². The van der Waals surface area contributed by atoms with Gasteiger partial charge in [0.2, 0.25) is 5.91 Å². The Kier molecular flexibility index (Phi) is 8.37. The van der Waals surface area contributed by atoms with Crippen LogP contribution in [0.25, 0.3) is 0 Å². The van der Waals surface area contributed by atoms with E-state index in [1.165, 1.54) is 24.3 Å². The van der Waals surface area contributed by atoms with Gasteiger partial charge in [-0.2, -0.15) is 0 Å². The van der Waals surface area contributed by atoms with Gasteiger partial charge in [0.05, 0.1) is 21.5 Å². The Morgan fingerprint density at radius 1 is 0.744 bits per heavy atom. The largest absolute Gasteiger partial charge is 0.457 e. The highest BCUT2D eigenvalue weighted by molar-refractivity contribution is 7.93. The van der Waals surface area contributed by atoms with Crippen LogP contribution >= 0.6 is 0 Å². The van der Waals surface area contributed by atoms with E-state index in [1.54, 1.807) is 73.7 Å². The van der Waals surface area contributed by atoms with Crippen molar-refractivity contribution in [3.63, 3.8) is 0 Å². The number of hydrogen-bond donors (Lipinski definition) is 1. The van der Waals surface area contributed by atoms with Crippen LogP contribution in [0.1, 0.15) is 18.5 Å². The number of carbonyl (C=O) groups excluding carboxylic acids is 1. The number of hydrogen-bond acceptors (Lipinski definition) is 6. The minimum Gasteiger partial charge on any atom is -0.457 e. The lowest BCUT2D eigenvalue weighted by atomic mass is 10.1. The standard InChI is InChI=1S/C29H28N2O6S2/c1-22(23-13-19-27(20-14-23)38(2,33)34)30-29(32)21-31(39(35,36)28-11-7-4-8-12-28)24-15-17-26(18-16-24)37-25-9-5-3-6-10-25/h3-20,22H,21H2,1-2H3,(H,30,32). The summed E-state index contributed by atoms with van der Waals surface area (Å²) in [7, 11) is -7.43. The third-order valence-electron chi connectivity index (χ3n) is 5.91. The maximum Gasteiger partial charge on any atom is 0.264 e. The maximum absolute atomic E-state index is 13.6. The summed E-state index contributed by atoms with van der Waals surface area (Å²) in [6, 6.07) is 29.2. The number of para-hydroxylation sites is 1. The average Bonchev–Trinajstić information content (AvgIpc) is 2.93. The molecule has 1 unspecified atom stereocenters. The smallest absolute Gasteiger partial charge is 0.264 e. The second kappa shape index (κ2) is 11.7. The number of amides is 1. The van der Waals surface area contributed by atoms with Crippen molar-refractivity contribution < 1.29 is 26.4 Å². The Bertz CT molecular complexity index is 1620. The lowest BCUT2D eigenvalue weighted by Gasteiger charge is -2.25. The molecule has 0 heterocycles. The lowest BCUT2D eigenvalue weighted by Crippen LogP contribution is -2.41. The Balaban J connectivity index is 1.56. The first-order valence-corrected chi connectivity index (χ1v) is 15.4. The van der Waals surface area contributed by atoms with Crippen LogP contribution in [0.3, 0.4) is 0 Å². The Morgan fingerprint density at radius 3 is 1.85 bits per heavy atom. The Labute approximate surface area is 228 Å². The molecule has 0 saturated carbocycles. The molecule has 1 N–H and O–H groups in total. The molecule has 0 saturated heterocycles. The van der Waals surface area contributed by atoms with E-state index in [0.29, 0.717) is 22.7 Å². The molecule has 8 nitrogen and oxygen atoms in total. The molecule has 0 spiro atoms. The molecular formula is C29H28N2O6S2. The summed E-state index contributed by atoms with van der Waals surface area (Å²) >= 11 is 0. The Hall–Kier alpha value is -4.15. The van der Waals surface area contributed by atoms with Gasteiger partial charge in [0.25, 0.3) is 10.0 Å². The van der Waals surface area contributed by atoms with Crippen LogP contribution in [-0.4, -0.2) is 35.5 Å². The maximum atomic E-state index is 13.6. The molecule has 39 heavy (non-hydrogen) atoms. The second-order valence-corrected chi connectivity index (χ2v) is 12.7. The predicted octanol–water partition coefficient (Wildman–Crippen LogP) is 4.96. The number of sulfonamides is 1. The van der Waals surface area contributed by atoms with E-state index in [9.17, 15) is 21.6 Å². The fourth-order valence-corrected chi connectivity index (χ4v) is 5.92. The third kappa shape index (κ3) is 7.04. The van der Waals surface area contributed by atoms with Gasteiger partial charge in [-0.05, 0) is 73.2 Å². The van der Waals surface area contributed by atoms with E-state index < -0.39 is 38.4 Å². The van der Waals surface area contributed by atoms with E-state index in [4.69, 9.17) is 4.74 Å². The summed E-state index contributed by atoms with van der Waals surface area (Å²) in [5, 5.41) is 2.80. The molecule has 0 aromatic heterocycles. The van der Waals surface area contributed by atoms with Gasteiger partial charge >= 0.3 is 0 Å². The van der Waals surface area contributed by atoms with Crippen molar-refractivity contribution in [3.8, 4) is 11.5 Å². The number of sulfone groups is 1. The van der Waals surface area contributed by atoms with Crippen molar-refractivity contribution in [1.82, 2.24) is 5.32 Å². The predicted molar refractivity (Wildman–Crippen MR) is 150 cm³/mol. The van der Waals surface area contributed by atoms with Crippen LogP contribution < -0.4 is 14.4 Å². The fraction of sp³-hybridized carbons (Fsp3) is 0.138. The number of benzene rings is 4. The molecule has 1 amide bonds. The van der Waals surface area contributed by atoms with Crippen molar-refractivity contribution in [1.29, 1.82) is 0 Å². The van der Waals surface area contributed by atoms with E-state index >= 15 is 0 Å². The van der Waals surface area contributed by atoms with Crippen molar-refractivity contribution >= 4 is 31.5 Å². The molecule has 202 valence electrons. The molecule has 1 atom stereocenters. The highest BCUT2D eigenvalue weighted by Gasteiger charge is 2.27. The summed E-state index contributed by atoms with van der Waals surface area (Å²) in [4.78, 5) is 13.3. The SMILES string of the molecule is CC(NC(=O)CN(c1ccc(Oc2ccccc2)cc1)S(=O)(=O)c1ccccc1)c1ccc(S(C)(=O)=O)cc1. The zero-order chi connectivity index (χ0) is 28.0. The van der Waals surface area contributed by atoms with Crippen LogP contribution in [0.4, 0.5) is 5.69 Å². The van der Waals surface area contributed by atoms with Crippen LogP contribution in [-0.2, 0) is 24.7 Å². The van der Waals surface area contributed by atoms with Gasteiger partial charge in [0, 0.05) is 6.26 Å². The van der Waals surface area contributed by atoms with E-state index in [1.807, 2.05) is 18.2 Å². The molecule has 10 heteroatoms. The van der Waals surface area contributed by atoms with E-state index in [0.717, 1.165) is 10.6 Å². The highest BCUT2D eigenvalue weighted by atomic mass is 32.2. The molecule has 4 rings (SSSR count). The first-order valence-electron chi connectivity index (χ1n) is 12.0. The van der Waals surface area contributed by atoms with E-state index in [-0.39, 0.29) is 9.79 Å². The fourth-order valence-electron chi connectivity index (χ4n) is 3.84. The number of carbonyl (C=O) groups is 1. The molecule has 0 fully saturated rings. The quantitative estimate of drug-likeness (QED) is 0.292. The number of nitrogens with one attached hydrogen (secondary N) is 1. The zero-order valence-electron chi connectivity index (χ0n) is 21.4. The van der Waals surface area contributed by atoms with Crippen molar-refractivity contribution in [2.45, 2.75) is 22.8 Å². The van der Waals surface area contributed by atoms with Gasteiger partial charge in [-0.25, -0.2) is 16.8 Å². The van der Waals surface area contributed by atoms with Crippen molar-refractivity contribution in [2.24, 2.45) is 0 Å². The van der Waals surface area contributed by atoms with Gasteiger partial charge in [0.15, 0.2) is 9.84 Å². The van der Waals surface area contributed by atoms with Crippen molar-refractivity contribution in [3.05, 3.63) is 115 Å². The molecule has 4 aromatic rings. The van der Waals surface area contributed by atoms with Gasteiger partial charge in [-0.1, -0.05) is 48.5 Å². The van der Waals surface area contributed by atoms with E-state index in [2.05, 4.69) is 5.32 Å². The second-order valence-electron chi connectivity index (χ2n) is 8.86. The normalized spacial score (nSPS) is 12.4. The molecule has 4 aromatic carbocycles. The van der Waals surface area contributed by atoms with Gasteiger partial charge in [-0.15, -0.1) is 0 Å². The molecule has 0 aliphatic carbocycles. The Morgan fingerprint density at radius 2 is 1.28 bits per heavy atom. The minimum absolute atomic E-state index is 0.0480. The third-order valence-corrected chi connectivity index (χ3v) is 8.82. The number of nitrogens with zero attached hydrogens (tertiary/aromatic N) is 1. The van der Waals surface area contributed by atoms with Crippen LogP contribution in [0.15, 0.2) is 119 Å². The lowest BCUT2D eigenvalue weighted by molar-refractivity contribution is -0.120. The molecule has 0 aliphatic heterocycles. The number of ether oxygens (including phenoxy) is 1. The molecule has 0 aliphatic rings. The van der Waals surface area contributed by atoms with Gasteiger partial charge in [0.1, 0.15) is 18.0 Å². The zero-order valence-corrected chi connectivity index (χ0v) is 23.0. The number of rotatable bonds is 10. The minimum atomic E-state index is -4.08. The first-order chi connectivity index (χ1) is 18.5. The highest BCUT2D eigenvalue weighted by Crippen LogP contribution is 2.28. The summed E-state index contributed by atoms with van der Waals surface area (Å²) < 4.78 is 57.5. The first kappa shape index (κ1) is 27.9. The van der Waals surface area contributed by atoms with Crippen molar-refractivity contribution in [2.75, 3.05) is 17.1 Å². The van der Waals surface area contributed by atoms with Gasteiger partial charge < -0.3 is 10.1 Å². The molecule has 0 bridgehead atoms. The molecule has 0 radical (unpaired) electrons. The van der Waals surface area contributed by atoms with Crippen LogP contribution in [0.2, 0.25) is 0 Å².